The molecule has 200 valence electrons. The second-order valence-corrected chi connectivity index (χ2v) is 9.86. The number of rotatable bonds is 9. The van der Waals surface area contributed by atoms with Crippen molar-refractivity contribution in [2.45, 2.75) is 38.2 Å². The van der Waals surface area contributed by atoms with Gasteiger partial charge in [0, 0.05) is 38.3 Å². The van der Waals surface area contributed by atoms with Crippen LogP contribution in [-0.4, -0.2) is 88.6 Å². The number of benzene rings is 1. The molecule has 0 unspecified atom stereocenters. The molecule has 2 fully saturated rings. The van der Waals surface area contributed by atoms with Crippen LogP contribution in [0.4, 0.5) is 20.5 Å². The summed E-state index contributed by atoms with van der Waals surface area (Å²) in [6.45, 7) is 4.12. The normalized spacial score (nSPS) is 20.8. The van der Waals surface area contributed by atoms with E-state index in [0.717, 1.165) is 32.2 Å². The van der Waals surface area contributed by atoms with Gasteiger partial charge in [-0.05, 0) is 50.8 Å². The Balaban J connectivity index is 1.40. The molecular weight excluding hydrogens is 480 g/mol. The smallest absolute Gasteiger partial charge is 0.296 e. The summed E-state index contributed by atoms with van der Waals surface area (Å²) in [7, 11) is 2.07. The number of nitrogens with one attached hydrogen (secondary N) is 1. The molecule has 0 atom stereocenters. The highest BCUT2D eigenvalue weighted by molar-refractivity contribution is 5.78. The molecule has 1 aliphatic heterocycles. The van der Waals surface area contributed by atoms with E-state index in [2.05, 4.69) is 32.1 Å². The topological polar surface area (TPSA) is 91.6 Å². The summed E-state index contributed by atoms with van der Waals surface area (Å²) in [4.78, 5) is 18.0. The molecule has 3 aromatic rings. The number of fused-ring (bicyclic) bond motifs is 1. The van der Waals surface area contributed by atoms with Crippen molar-refractivity contribution in [3.63, 3.8) is 0 Å². The molecular formula is C26H35F2N7O2. The number of imidazole rings is 1. The maximum Gasteiger partial charge on any atom is 0.296 e. The Labute approximate surface area is 215 Å². The van der Waals surface area contributed by atoms with Crippen molar-refractivity contribution >= 4 is 22.8 Å². The molecule has 2 aromatic heterocycles. The SMILES string of the molecule is CN(CCO)C1CCC(CNc2nc(N3CCOCC3)cc(-n3c(C(F)F)nc4ccccc43)n2)CC1. The van der Waals surface area contributed by atoms with Crippen molar-refractivity contribution in [1.29, 1.82) is 0 Å². The van der Waals surface area contributed by atoms with Gasteiger partial charge in [-0.1, -0.05) is 12.1 Å². The maximum atomic E-state index is 14.0. The summed E-state index contributed by atoms with van der Waals surface area (Å²) < 4.78 is 35.0. The Kier molecular flexibility index (Phi) is 8.11. The van der Waals surface area contributed by atoms with Crippen molar-refractivity contribution in [1.82, 2.24) is 24.4 Å². The fraction of sp³-hybridized carbons (Fsp3) is 0.577. The number of likely N-dealkylation sites (N-methyl/N-ethyl adjacent to an activating group) is 1. The van der Waals surface area contributed by atoms with Crippen molar-refractivity contribution in [3.05, 3.63) is 36.2 Å². The summed E-state index contributed by atoms with van der Waals surface area (Å²) in [5, 5.41) is 12.6. The maximum absolute atomic E-state index is 14.0. The Hall–Kier alpha value is -2.89. The Morgan fingerprint density at radius 1 is 1.08 bits per heavy atom. The summed E-state index contributed by atoms with van der Waals surface area (Å²) in [6.07, 6.45) is 1.57. The first-order valence-corrected chi connectivity index (χ1v) is 13.1. The lowest BCUT2D eigenvalue weighted by molar-refractivity contribution is 0.122. The number of para-hydroxylation sites is 2. The number of nitrogens with zero attached hydrogens (tertiary/aromatic N) is 6. The summed E-state index contributed by atoms with van der Waals surface area (Å²) in [5.41, 5.74) is 1.09. The van der Waals surface area contributed by atoms with Crippen molar-refractivity contribution in [2.75, 3.05) is 63.3 Å². The summed E-state index contributed by atoms with van der Waals surface area (Å²) in [6, 6.07) is 9.38. The minimum absolute atomic E-state index is 0.177. The van der Waals surface area contributed by atoms with Crippen LogP contribution in [0.25, 0.3) is 16.9 Å². The minimum Gasteiger partial charge on any atom is -0.395 e. The zero-order chi connectivity index (χ0) is 25.8. The number of hydrogen-bond acceptors (Lipinski definition) is 8. The van der Waals surface area contributed by atoms with Gasteiger partial charge in [-0.25, -0.2) is 13.8 Å². The summed E-state index contributed by atoms with van der Waals surface area (Å²) in [5.74, 6) is 1.63. The quantitative estimate of drug-likeness (QED) is 0.448. The number of aliphatic hydroxyl groups excluding tert-OH is 1. The predicted octanol–water partition coefficient (Wildman–Crippen LogP) is 3.48. The van der Waals surface area contributed by atoms with Gasteiger partial charge in [0.1, 0.15) is 11.6 Å². The van der Waals surface area contributed by atoms with Gasteiger partial charge in [-0.3, -0.25) is 4.57 Å². The van der Waals surface area contributed by atoms with Crippen LogP contribution in [0.15, 0.2) is 30.3 Å². The monoisotopic (exact) mass is 515 g/mol. The first-order chi connectivity index (χ1) is 18.0. The van der Waals surface area contributed by atoms with E-state index in [-0.39, 0.29) is 12.4 Å². The number of ether oxygens (including phenoxy) is 1. The number of aromatic nitrogens is 4. The van der Waals surface area contributed by atoms with Gasteiger partial charge >= 0.3 is 0 Å². The average molecular weight is 516 g/mol. The van der Waals surface area contributed by atoms with E-state index in [4.69, 9.17) is 9.72 Å². The Morgan fingerprint density at radius 3 is 2.54 bits per heavy atom. The zero-order valence-electron chi connectivity index (χ0n) is 21.2. The predicted molar refractivity (Wildman–Crippen MR) is 139 cm³/mol. The van der Waals surface area contributed by atoms with Crippen LogP contribution < -0.4 is 10.2 Å². The van der Waals surface area contributed by atoms with E-state index < -0.39 is 6.43 Å². The third kappa shape index (κ3) is 5.83. The van der Waals surface area contributed by atoms with Crippen LogP contribution >= 0.6 is 0 Å². The second kappa shape index (κ2) is 11.7. The highest BCUT2D eigenvalue weighted by Gasteiger charge is 2.25. The van der Waals surface area contributed by atoms with E-state index in [1.165, 1.54) is 4.57 Å². The minimum atomic E-state index is -2.75. The number of alkyl halides is 2. The lowest BCUT2D eigenvalue weighted by atomic mass is 9.85. The lowest BCUT2D eigenvalue weighted by Gasteiger charge is -2.34. The largest absolute Gasteiger partial charge is 0.395 e. The molecule has 2 aliphatic rings. The van der Waals surface area contributed by atoms with Crippen molar-refractivity contribution in [3.8, 4) is 5.82 Å². The second-order valence-electron chi connectivity index (χ2n) is 9.86. The van der Waals surface area contributed by atoms with Crippen LogP contribution in [0.1, 0.15) is 37.9 Å². The summed E-state index contributed by atoms with van der Waals surface area (Å²) >= 11 is 0. The highest BCUT2D eigenvalue weighted by Crippen LogP contribution is 2.30. The molecule has 1 aliphatic carbocycles. The molecule has 0 bridgehead atoms. The molecule has 3 heterocycles. The fourth-order valence-electron chi connectivity index (χ4n) is 5.37. The molecule has 37 heavy (non-hydrogen) atoms. The van der Waals surface area contributed by atoms with Gasteiger partial charge in [0.25, 0.3) is 6.43 Å². The number of hydrogen-bond donors (Lipinski definition) is 2. The molecule has 0 spiro atoms. The Morgan fingerprint density at radius 2 is 1.81 bits per heavy atom. The van der Waals surface area contributed by atoms with Crippen LogP contribution in [0, 0.1) is 5.92 Å². The zero-order valence-corrected chi connectivity index (χ0v) is 21.2. The highest BCUT2D eigenvalue weighted by atomic mass is 19.3. The molecule has 11 heteroatoms. The molecule has 9 nitrogen and oxygen atoms in total. The molecule has 1 saturated heterocycles. The number of halogens is 2. The number of aliphatic hydroxyl groups is 1. The van der Waals surface area contributed by atoms with Crippen LogP contribution in [0.3, 0.4) is 0 Å². The van der Waals surface area contributed by atoms with E-state index in [0.29, 0.717) is 73.4 Å². The lowest BCUT2D eigenvalue weighted by Crippen LogP contribution is -2.38. The standard InChI is InChI=1S/C26H35F2N7O2/c1-33(10-13-36)19-8-6-18(7-9-19)17-29-26-31-22(34-11-14-37-15-12-34)16-23(32-26)35-21-5-3-2-4-20(21)30-25(35)24(27)28/h2-5,16,18-19,24,36H,6-15,17H2,1H3,(H,29,31,32). The van der Waals surface area contributed by atoms with E-state index >= 15 is 0 Å². The molecule has 0 radical (unpaired) electrons. The number of anilines is 2. The fourth-order valence-corrected chi connectivity index (χ4v) is 5.37. The molecule has 5 rings (SSSR count). The first kappa shape index (κ1) is 25.7. The van der Waals surface area contributed by atoms with Gasteiger partial charge in [0.2, 0.25) is 5.95 Å². The van der Waals surface area contributed by atoms with Crippen LogP contribution in [0.2, 0.25) is 0 Å². The van der Waals surface area contributed by atoms with Gasteiger partial charge in [0.15, 0.2) is 5.82 Å². The van der Waals surface area contributed by atoms with E-state index in [9.17, 15) is 13.9 Å². The number of morpholine rings is 1. The van der Waals surface area contributed by atoms with Crippen molar-refractivity contribution < 1.29 is 18.6 Å². The van der Waals surface area contributed by atoms with Crippen LogP contribution in [0.5, 0.6) is 0 Å². The van der Waals surface area contributed by atoms with Gasteiger partial charge in [0.05, 0.1) is 30.9 Å². The van der Waals surface area contributed by atoms with Gasteiger partial charge in [-0.15, -0.1) is 0 Å². The third-order valence-electron chi connectivity index (χ3n) is 7.49. The molecule has 0 amide bonds. The van der Waals surface area contributed by atoms with E-state index in [1.807, 2.05) is 6.07 Å². The van der Waals surface area contributed by atoms with E-state index in [1.54, 1.807) is 24.3 Å². The van der Waals surface area contributed by atoms with Crippen molar-refractivity contribution in [2.24, 2.45) is 5.92 Å². The molecule has 1 saturated carbocycles. The van der Waals surface area contributed by atoms with Gasteiger partial charge < -0.3 is 25.0 Å². The van der Waals surface area contributed by atoms with Gasteiger partial charge in [-0.2, -0.15) is 9.97 Å². The molecule has 2 N–H and O–H groups in total. The Bertz CT molecular complexity index is 1180. The van der Waals surface area contributed by atoms with Crippen LogP contribution in [-0.2, 0) is 4.74 Å². The first-order valence-electron chi connectivity index (χ1n) is 13.1. The average Bonchev–Trinajstić information content (AvgIpc) is 3.33. The third-order valence-corrected chi connectivity index (χ3v) is 7.49. The molecule has 1 aromatic carbocycles.